The Morgan fingerprint density at radius 3 is 2.85 bits per heavy atom. The van der Waals surface area contributed by atoms with Crippen molar-refractivity contribution in [2.45, 2.75) is 39.7 Å². The fourth-order valence-electron chi connectivity index (χ4n) is 2.71. The van der Waals surface area contributed by atoms with Crippen molar-refractivity contribution in [2.75, 3.05) is 13.1 Å². The lowest BCUT2D eigenvalue weighted by Crippen LogP contribution is -2.43. The molecule has 0 spiro atoms. The molecule has 2 atom stereocenters. The molecule has 1 fully saturated rings. The summed E-state index contributed by atoms with van der Waals surface area (Å²) in [5.74, 6) is -0.158. The van der Waals surface area contributed by atoms with E-state index in [-0.39, 0.29) is 23.2 Å². The zero-order valence-electron chi connectivity index (χ0n) is 12.4. The number of hydrogen-bond donors (Lipinski definition) is 2. The Morgan fingerprint density at radius 2 is 2.30 bits per heavy atom. The first-order chi connectivity index (χ1) is 9.48. The summed E-state index contributed by atoms with van der Waals surface area (Å²) < 4.78 is 13.6. The highest BCUT2D eigenvalue weighted by Gasteiger charge is 2.39. The first-order valence-corrected chi connectivity index (χ1v) is 7.26. The van der Waals surface area contributed by atoms with Crippen molar-refractivity contribution >= 4 is 5.91 Å². The molecule has 4 heteroatoms. The molecule has 110 valence electrons. The summed E-state index contributed by atoms with van der Waals surface area (Å²) in [6.07, 6.45) is 1.69. The van der Waals surface area contributed by atoms with Gasteiger partial charge in [0.25, 0.3) is 0 Å². The van der Waals surface area contributed by atoms with Gasteiger partial charge in [-0.1, -0.05) is 19.1 Å². The molecule has 20 heavy (non-hydrogen) atoms. The van der Waals surface area contributed by atoms with Crippen LogP contribution in [-0.2, 0) is 4.79 Å². The average molecular weight is 278 g/mol. The van der Waals surface area contributed by atoms with E-state index in [1.807, 2.05) is 19.9 Å². The summed E-state index contributed by atoms with van der Waals surface area (Å²) in [6, 6.07) is 4.95. The van der Waals surface area contributed by atoms with Gasteiger partial charge in [-0.05, 0) is 50.4 Å². The molecule has 3 nitrogen and oxygen atoms in total. The Morgan fingerprint density at radius 1 is 1.55 bits per heavy atom. The average Bonchev–Trinajstić information content (AvgIpc) is 2.91. The van der Waals surface area contributed by atoms with Crippen molar-refractivity contribution in [1.82, 2.24) is 10.6 Å². The van der Waals surface area contributed by atoms with E-state index in [1.165, 1.54) is 6.07 Å². The molecule has 1 saturated heterocycles. The van der Waals surface area contributed by atoms with E-state index in [4.69, 9.17) is 0 Å². The Balaban J connectivity index is 2.08. The molecule has 2 unspecified atom stereocenters. The number of carbonyl (C=O) groups is 1. The molecule has 0 bridgehead atoms. The third-order valence-electron chi connectivity index (χ3n) is 4.45. The van der Waals surface area contributed by atoms with E-state index in [1.54, 1.807) is 13.0 Å². The van der Waals surface area contributed by atoms with Crippen LogP contribution < -0.4 is 10.6 Å². The van der Waals surface area contributed by atoms with Gasteiger partial charge in [0.15, 0.2) is 0 Å². The van der Waals surface area contributed by atoms with Crippen molar-refractivity contribution in [3.8, 4) is 0 Å². The maximum absolute atomic E-state index is 13.6. The van der Waals surface area contributed by atoms with Gasteiger partial charge in [0.2, 0.25) is 5.91 Å². The second-order valence-electron chi connectivity index (χ2n) is 5.76. The molecular formula is C16H23FN2O. The fourth-order valence-corrected chi connectivity index (χ4v) is 2.71. The van der Waals surface area contributed by atoms with Crippen molar-refractivity contribution in [3.63, 3.8) is 0 Å². The first kappa shape index (κ1) is 15.0. The van der Waals surface area contributed by atoms with E-state index in [0.717, 1.165) is 31.5 Å². The first-order valence-electron chi connectivity index (χ1n) is 7.26. The van der Waals surface area contributed by atoms with Crippen LogP contribution in [0.1, 0.15) is 43.9 Å². The lowest BCUT2D eigenvalue weighted by molar-refractivity contribution is -0.131. The minimum atomic E-state index is -0.308. The molecule has 1 aliphatic heterocycles. The van der Waals surface area contributed by atoms with Crippen LogP contribution in [0.3, 0.4) is 0 Å². The zero-order valence-corrected chi connectivity index (χ0v) is 12.4. The molecule has 0 aliphatic carbocycles. The topological polar surface area (TPSA) is 41.1 Å². The van der Waals surface area contributed by atoms with Crippen LogP contribution in [0.4, 0.5) is 4.39 Å². The maximum atomic E-state index is 13.6. The molecule has 2 N–H and O–H groups in total. The van der Waals surface area contributed by atoms with E-state index in [2.05, 4.69) is 10.6 Å². The van der Waals surface area contributed by atoms with Crippen LogP contribution in [0, 0.1) is 18.2 Å². The number of amides is 1. The number of benzene rings is 1. The number of nitrogens with one attached hydrogen (secondary N) is 2. The number of hydrogen-bond acceptors (Lipinski definition) is 2. The third kappa shape index (κ3) is 2.85. The highest BCUT2D eigenvalue weighted by Crippen LogP contribution is 2.30. The number of rotatable bonds is 4. The van der Waals surface area contributed by atoms with Crippen LogP contribution >= 0.6 is 0 Å². The number of halogens is 1. The van der Waals surface area contributed by atoms with Gasteiger partial charge in [0.05, 0.1) is 11.5 Å². The molecule has 1 aromatic rings. The monoisotopic (exact) mass is 278 g/mol. The Hall–Kier alpha value is -1.42. The molecular weight excluding hydrogens is 255 g/mol. The second-order valence-corrected chi connectivity index (χ2v) is 5.76. The van der Waals surface area contributed by atoms with Crippen molar-refractivity contribution in [1.29, 1.82) is 0 Å². The van der Waals surface area contributed by atoms with Crippen LogP contribution in [0.15, 0.2) is 18.2 Å². The van der Waals surface area contributed by atoms with Gasteiger partial charge in [-0.2, -0.15) is 0 Å². The van der Waals surface area contributed by atoms with Crippen molar-refractivity contribution in [3.05, 3.63) is 35.1 Å². The molecule has 1 aromatic carbocycles. The fraction of sp³-hybridized carbons (Fsp3) is 0.562. The van der Waals surface area contributed by atoms with Gasteiger partial charge in [0, 0.05) is 6.54 Å². The van der Waals surface area contributed by atoms with Gasteiger partial charge in [0.1, 0.15) is 5.82 Å². The van der Waals surface area contributed by atoms with Crippen LogP contribution in [0.2, 0.25) is 0 Å². The van der Waals surface area contributed by atoms with Gasteiger partial charge in [-0.25, -0.2) is 4.39 Å². The smallest absolute Gasteiger partial charge is 0.228 e. The van der Waals surface area contributed by atoms with Crippen LogP contribution in [0.5, 0.6) is 0 Å². The van der Waals surface area contributed by atoms with Crippen molar-refractivity contribution in [2.24, 2.45) is 5.41 Å². The summed E-state index contributed by atoms with van der Waals surface area (Å²) >= 11 is 0. The van der Waals surface area contributed by atoms with Gasteiger partial charge in [-0.3, -0.25) is 4.79 Å². The SMILES string of the molecule is CCC1(C(=O)NC(C)c2ccc(C)c(F)c2)CCNC1. The lowest BCUT2D eigenvalue weighted by Gasteiger charge is -2.27. The molecule has 2 rings (SSSR count). The summed E-state index contributed by atoms with van der Waals surface area (Å²) in [6.45, 7) is 7.29. The van der Waals surface area contributed by atoms with E-state index < -0.39 is 0 Å². The Labute approximate surface area is 120 Å². The summed E-state index contributed by atoms with van der Waals surface area (Å²) in [7, 11) is 0. The standard InChI is InChI=1S/C16H23FN2O/c1-4-16(7-8-18-10-16)15(20)19-12(3)13-6-5-11(2)14(17)9-13/h5-6,9,12,18H,4,7-8,10H2,1-3H3,(H,19,20). The summed E-state index contributed by atoms with van der Waals surface area (Å²) in [5, 5.41) is 6.28. The van der Waals surface area contributed by atoms with Crippen LogP contribution in [0.25, 0.3) is 0 Å². The van der Waals surface area contributed by atoms with Crippen molar-refractivity contribution < 1.29 is 9.18 Å². The molecule has 0 saturated carbocycles. The van der Waals surface area contributed by atoms with E-state index in [9.17, 15) is 9.18 Å². The maximum Gasteiger partial charge on any atom is 0.228 e. The minimum Gasteiger partial charge on any atom is -0.349 e. The van der Waals surface area contributed by atoms with E-state index in [0.29, 0.717) is 5.56 Å². The highest BCUT2D eigenvalue weighted by atomic mass is 19.1. The number of aryl methyl sites for hydroxylation is 1. The third-order valence-corrected chi connectivity index (χ3v) is 4.45. The number of carbonyl (C=O) groups excluding carboxylic acids is 1. The van der Waals surface area contributed by atoms with Gasteiger partial charge in [-0.15, -0.1) is 0 Å². The van der Waals surface area contributed by atoms with Crippen LogP contribution in [-0.4, -0.2) is 19.0 Å². The predicted octanol–water partition coefficient (Wildman–Crippen LogP) is 2.70. The highest BCUT2D eigenvalue weighted by molar-refractivity contribution is 5.83. The minimum absolute atomic E-state index is 0.0680. The molecule has 0 aromatic heterocycles. The molecule has 1 amide bonds. The molecule has 0 radical (unpaired) electrons. The molecule has 1 aliphatic rings. The largest absolute Gasteiger partial charge is 0.349 e. The van der Waals surface area contributed by atoms with Gasteiger partial charge >= 0.3 is 0 Å². The summed E-state index contributed by atoms with van der Waals surface area (Å²) in [5.41, 5.74) is 1.12. The Kier molecular flexibility index (Phi) is 4.43. The van der Waals surface area contributed by atoms with E-state index >= 15 is 0 Å². The lowest BCUT2D eigenvalue weighted by atomic mass is 9.83. The quantitative estimate of drug-likeness (QED) is 0.889. The summed E-state index contributed by atoms with van der Waals surface area (Å²) in [4.78, 5) is 12.5. The Bertz CT molecular complexity index is 495. The van der Waals surface area contributed by atoms with Gasteiger partial charge < -0.3 is 10.6 Å². The molecule has 1 heterocycles. The predicted molar refractivity (Wildman–Crippen MR) is 77.9 cm³/mol. The second kappa shape index (κ2) is 5.92. The normalized spacial score (nSPS) is 23.6. The zero-order chi connectivity index (χ0) is 14.8.